The number of ether oxygens (including phenoxy) is 1. The standard InChI is InChI=1S/C15H19BrN4O2S/c1-3-4-9-22-14(21)10(2)23-15-19-18-13(20(15)17)11-7-5-6-8-12(11)16/h5-8,10H,3-4,9,17H2,1-2H3. The Hall–Kier alpha value is -1.54. The van der Waals surface area contributed by atoms with Crippen LogP contribution in [0.2, 0.25) is 0 Å². The van der Waals surface area contributed by atoms with Crippen LogP contribution in [0.3, 0.4) is 0 Å². The van der Waals surface area contributed by atoms with Crippen LogP contribution in [0.4, 0.5) is 0 Å². The van der Waals surface area contributed by atoms with Crippen molar-refractivity contribution in [3.05, 3.63) is 28.7 Å². The molecule has 1 unspecified atom stereocenters. The van der Waals surface area contributed by atoms with E-state index in [1.54, 1.807) is 6.92 Å². The number of hydrogen-bond donors (Lipinski definition) is 1. The van der Waals surface area contributed by atoms with Crippen molar-refractivity contribution in [3.63, 3.8) is 0 Å². The second-order valence-electron chi connectivity index (χ2n) is 4.94. The lowest BCUT2D eigenvalue weighted by Crippen LogP contribution is -2.19. The van der Waals surface area contributed by atoms with E-state index in [0.29, 0.717) is 17.6 Å². The molecule has 0 fully saturated rings. The molecule has 2 aromatic rings. The molecule has 23 heavy (non-hydrogen) atoms. The molecule has 124 valence electrons. The van der Waals surface area contributed by atoms with Crippen molar-refractivity contribution >= 4 is 33.7 Å². The molecule has 0 aliphatic heterocycles. The van der Waals surface area contributed by atoms with Crippen molar-refractivity contribution in [2.24, 2.45) is 0 Å². The zero-order chi connectivity index (χ0) is 16.8. The van der Waals surface area contributed by atoms with Gasteiger partial charge in [-0.3, -0.25) is 4.79 Å². The van der Waals surface area contributed by atoms with Crippen LogP contribution in [0.25, 0.3) is 11.4 Å². The first-order valence-corrected chi connectivity index (χ1v) is 9.00. The molecule has 1 heterocycles. The summed E-state index contributed by atoms with van der Waals surface area (Å²) in [6.45, 7) is 4.26. The second-order valence-corrected chi connectivity index (χ2v) is 7.10. The van der Waals surface area contributed by atoms with Gasteiger partial charge in [0.1, 0.15) is 5.25 Å². The fourth-order valence-corrected chi connectivity index (χ4v) is 3.05. The van der Waals surface area contributed by atoms with Crippen LogP contribution in [-0.4, -0.2) is 32.7 Å². The van der Waals surface area contributed by atoms with Crippen LogP contribution in [0.5, 0.6) is 0 Å². The average molecular weight is 399 g/mol. The summed E-state index contributed by atoms with van der Waals surface area (Å²) in [6.07, 6.45) is 1.85. The molecule has 1 aromatic carbocycles. The Labute approximate surface area is 147 Å². The highest BCUT2D eigenvalue weighted by atomic mass is 79.9. The molecule has 2 rings (SSSR count). The van der Waals surface area contributed by atoms with Crippen LogP contribution < -0.4 is 5.84 Å². The maximum Gasteiger partial charge on any atom is 0.319 e. The van der Waals surface area contributed by atoms with Gasteiger partial charge in [0.25, 0.3) is 0 Å². The number of benzene rings is 1. The maximum absolute atomic E-state index is 11.9. The molecule has 2 N–H and O–H groups in total. The van der Waals surface area contributed by atoms with E-state index in [4.69, 9.17) is 10.6 Å². The highest BCUT2D eigenvalue weighted by Crippen LogP contribution is 2.29. The molecule has 0 bridgehead atoms. The van der Waals surface area contributed by atoms with Gasteiger partial charge in [0.15, 0.2) is 5.82 Å². The highest BCUT2D eigenvalue weighted by Gasteiger charge is 2.21. The van der Waals surface area contributed by atoms with Crippen molar-refractivity contribution < 1.29 is 9.53 Å². The van der Waals surface area contributed by atoms with Crippen LogP contribution in [0.1, 0.15) is 26.7 Å². The number of nitrogen functional groups attached to an aromatic ring is 1. The number of aromatic nitrogens is 3. The number of nitrogens with zero attached hydrogens (tertiary/aromatic N) is 3. The predicted molar refractivity (Wildman–Crippen MR) is 94.5 cm³/mol. The summed E-state index contributed by atoms with van der Waals surface area (Å²) in [4.78, 5) is 11.9. The zero-order valence-corrected chi connectivity index (χ0v) is 15.4. The predicted octanol–water partition coefficient (Wildman–Crippen LogP) is 3.25. The SMILES string of the molecule is CCCCOC(=O)C(C)Sc1nnc(-c2ccccc2Br)n1N. The largest absolute Gasteiger partial charge is 0.465 e. The van der Waals surface area contributed by atoms with E-state index in [-0.39, 0.29) is 5.97 Å². The highest BCUT2D eigenvalue weighted by molar-refractivity contribution is 9.10. The van der Waals surface area contributed by atoms with Gasteiger partial charge in [-0.2, -0.15) is 0 Å². The van der Waals surface area contributed by atoms with Gasteiger partial charge in [-0.1, -0.05) is 53.2 Å². The molecule has 1 atom stereocenters. The Morgan fingerprint density at radius 3 is 2.87 bits per heavy atom. The van der Waals surface area contributed by atoms with Gasteiger partial charge in [0, 0.05) is 10.0 Å². The molecule has 0 amide bonds. The Morgan fingerprint density at radius 2 is 2.17 bits per heavy atom. The molecule has 0 aliphatic rings. The molecule has 0 aliphatic carbocycles. The lowest BCUT2D eigenvalue weighted by molar-refractivity contribution is -0.142. The third-order valence-corrected chi connectivity index (χ3v) is 4.86. The Balaban J connectivity index is 2.08. The molecular formula is C15H19BrN4O2S. The zero-order valence-electron chi connectivity index (χ0n) is 13.0. The second kappa shape index (κ2) is 8.35. The Bertz CT molecular complexity index is 677. The minimum atomic E-state index is -0.398. The maximum atomic E-state index is 11.9. The van der Waals surface area contributed by atoms with Crippen LogP contribution in [-0.2, 0) is 9.53 Å². The Morgan fingerprint density at radius 1 is 1.43 bits per heavy atom. The first-order chi connectivity index (χ1) is 11.0. The summed E-state index contributed by atoms with van der Waals surface area (Å²) in [5, 5.41) is 8.26. The van der Waals surface area contributed by atoms with E-state index in [1.165, 1.54) is 16.4 Å². The third kappa shape index (κ3) is 4.48. The molecule has 0 saturated carbocycles. The number of esters is 1. The monoisotopic (exact) mass is 398 g/mol. The summed E-state index contributed by atoms with van der Waals surface area (Å²) in [5.41, 5.74) is 0.840. The quantitative estimate of drug-likeness (QED) is 0.333. The van der Waals surface area contributed by atoms with E-state index in [2.05, 4.69) is 26.1 Å². The first-order valence-electron chi connectivity index (χ1n) is 7.33. The van der Waals surface area contributed by atoms with E-state index in [9.17, 15) is 4.79 Å². The number of carbonyl (C=O) groups is 1. The smallest absolute Gasteiger partial charge is 0.319 e. The van der Waals surface area contributed by atoms with E-state index >= 15 is 0 Å². The summed E-state index contributed by atoms with van der Waals surface area (Å²) in [5.74, 6) is 6.34. The molecule has 8 heteroatoms. The fourth-order valence-electron chi connectivity index (χ4n) is 1.82. The number of unbranched alkanes of at least 4 members (excludes halogenated alkanes) is 1. The van der Waals surface area contributed by atoms with Crippen molar-refractivity contribution in [1.82, 2.24) is 14.9 Å². The van der Waals surface area contributed by atoms with Gasteiger partial charge < -0.3 is 10.6 Å². The van der Waals surface area contributed by atoms with Crippen LogP contribution in [0, 0.1) is 0 Å². The van der Waals surface area contributed by atoms with E-state index < -0.39 is 5.25 Å². The number of hydrogen-bond acceptors (Lipinski definition) is 6. The fraction of sp³-hybridized carbons (Fsp3) is 0.400. The molecule has 1 aromatic heterocycles. The number of thioether (sulfide) groups is 1. The average Bonchev–Trinajstić information content (AvgIpc) is 2.89. The van der Waals surface area contributed by atoms with Crippen molar-refractivity contribution in [2.45, 2.75) is 37.1 Å². The number of halogens is 1. The molecule has 0 spiro atoms. The van der Waals surface area contributed by atoms with Gasteiger partial charge in [0.05, 0.1) is 6.61 Å². The van der Waals surface area contributed by atoms with Gasteiger partial charge in [-0.15, -0.1) is 10.2 Å². The molecule has 6 nitrogen and oxygen atoms in total. The lowest BCUT2D eigenvalue weighted by Gasteiger charge is -2.10. The summed E-state index contributed by atoms with van der Waals surface area (Å²) < 4.78 is 7.47. The van der Waals surface area contributed by atoms with Gasteiger partial charge in [0.2, 0.25) is 5.16 Å². The first kappa shape index (κ1) is 17.8. The summed E-state index contributed by atoms with van der Waals surface area (Å²) in [6, 6.07) is 7.61. The summed E-state index contributed by atoms with van der Waals surface area (Å²) in [7, 11) is 0. The van der Waals surface area contributed by atoms with Crippen molar-refractivity contribution in [2.75, 3.05) is 12.4 Å². The minimum absolute atomic E-state index is 0.270. The van der Waals surface area contributed by atoms with E-state index in [0.717, 1.165) is 22.9 Å². The van der Waals surface area contributed by atoms with E-state index in [1.807, 2.05) is 31.2 Å². The third-order valence-electron chi connectivity index (χ3n) is 3.14. The molecule has 0 radical (unpaired) electrons. The number of nitrogens with two attached hydrogens (primary N) is 1. The Kier molecular flexibility index (Phi) is 6.47. The topological polar surface area (TPSA) is 83.0 Å². The molecular weight excluding hydrogens is 380 g/mol. The summed E-state index contributed by atoms with van der Waals surface area (Å²) >= 11 is 4.70. The normalized spacial score (nSPS) is 12.1. The van der Waals surface area contributed by atoms with Crippen LogP contribution >= 0.6 is 27.7 Å². The number of carbonyl (C=O) groups excluding carboxylic acids is 1. The van der Waals surface area contributed by atoms with Gasteiger partial charge >= 0.3 is 5.97 Å². The van der Waals surface area contributed by atoms with Gasteiger partial charge in [-0.25, -0.2) is 4.68 Å². The van der Waals surface area contributed by atoms with Crippen molar-refractivity contribution in [3.8, 4) is 11.4 Å². The minimum Gasteiger partial charge on any atom is -0.465 e. The molecule has 0 saturated heterocycles. The van der Waals surface area contributed by atoms with Crippen molar-refractivity contribution in [1.29, 1.82) is 0 Å². The van der Waals surface area contributed by atoms with Gasteiger partial charge in [-0.05, 0) is 25.5 Å². The van der Waals surface area contributed by atoms with Crippen LogP contribution in [0.15, 0.2) is 33.9 Å². The lowest BCUT2D eigenvalue weighted by atomic mass is 10.2. The number of rotatable bonds is 7.